The van der Waals surface area contributed by atoms with E-state index in [-0.39, 0.29) is 24.4 Å². The Morgan fingerprint density at radius 2 is 1.64 bits per heavy atom. The quantitative estimate of drug-likeness (QED) is 0.754. The zero-order valence-corrected chi connectivity index (χ0v) is 15.1. The molecule has 0 spiro atoms. The SMILES string of the molecule is Cc1cc(C)cc(NCC(=O)Nc2cccc(C(=O)NC(C)C)c2)c1. The van der Waals surface area contributed by atoms with E-state index in [0.29, 0.717) is 11.3 Å². The molecule has 0 aromatic heterocycles. The van der Waals surface area contributed by atoms with Crippen LogP contribution in [0.5, 0.6) is 0 Å². The van der Waals surface area contributed by atoms with E-state index >= 15 is 0 Å². The first-order valence-electron chi connectivity index (χ1n) is 8.36. The molecule has 0 radical (unpaired) electrons. The Morgan fingerprint density at radius 1 is 0.960 bits per heavy atom. The van der Waals surface area contributed by atoms with Gasteiger partial charge in [-0.1, -0.05) is 12.1 Å². The van der Waals surface area contributed by atoms with Crippen molar-refractivity contribution in [3.8, 4) is 0 Å². The Morgan fingerprint density at radius 3 is 2.28 bits per heavy atom. The van der Waals surface area contributed by atoms with E-state index in [0.717, 1.165) is 16.8 Å². The predicted octanol–water partition coefficient (Wildman–Crippen LogP) is 3.49. The molecule has 3 N–H and O–H groups in total. The van der Waals surface area contributed by atoms with Gasteiger partial charge >= 0.3 is 0 Å². The van der Waals surface area contributed by atoms with Crippen LogP contribution in [0.4, 0.5) is 11.4 Å². The van der Waals surface area contributed by atoms with Crippen LogP contribution in [-0.4, -0.2) is 24.4 Å². The summed E-state index contributed by atoms with van der Waals surface area (Å²) in [6, 6.07) is 13.1. The summed E-state index contributed by atoms with van der Waals surface area (Å²) in [7, 11) is 0. The van der Waals surface area contributed by atoms with Crippen LogP contribution >= 0.6 is 0 Å². The van der Waals surface area contributed by atoms with E-state index in [9.17, 15) is 9.59 Å². The number of aryl methyl sites for hydroxylation is 2. The molecule has 5 heteroatoms. The van der Waals surface area contributed by atoms with Crippen molar-refractivity contribution in [3.05, 3.63) is 59.2 Å². The van der Waals surface area contributed by atoms with Crippen molar-refractivity contribution in [2.24, 2.45) is 0 Å². The third-order valence-corrected chi connectivity index (χ3v) is 3.50. The molecule has 0 saturated heterocycles. The molecule has 2 aromatic carbocycles. The lowest BCUT2D eigenvalue weighted by Gasteiger charge is -2.11. The summed E-state index contributed by atoms with van der Waals surface area (Å²) in [5.74, 6) is -0.319. The van der Waals surface area contributed by atoms with Crippen LogP contribution in [0.1, 0.15) is 35.3 Å². The van der Waals surface area contributed by atoms with Crippen molar-refractivity contribution in [1.29, 1.82) is 0 Å². The van der Waals surface area contributed by atoms with Crippen LogP contribution in [0, 0.1) is 13.8 Å². The molecule has 0 aliphatic rings. The minimum Gasteiger partial charge on any atom is -0.376 e. The molecule has 0 aliphatic heterocycles. The molecule has 2 amide bonds. The maximum atomic E-state index is 12.1. The molecule has 132 valence electrons. The number of hydrogen-bond acceptors (Lipinski definition) is 3. The second-order valence-corrected chi connectivity index (χ2v) is 6.49. The summed E-state index contributed by atoms with van der Waals surface area (Å²) in [4.78, 5) is 24.2. The lowest BCUT2D eigenvalue weighted by atomic mass is 10.1. The molecule has 5 nitrogen and oxygen atoms in total. The first-order valence-corrected chi connectivity index (χ1v) is 8.36. The minimum atomic E-state index is -0.166. The number of anilines is 2. The molecule has 0 heterocycles. The van der Waals surface area contributed by atoms with Crippen molar-refractivity contribution in [2.75, 3.05) is 17.2 Å². The highest BCUT2D eigenvalue weighted by Crippen LogP contribution is 2.14. The van der Waals surface area contributed by atoms with Crippen LogP contribution in [0.3, 0.4) is 0 Å². The second kappa shape index (κ2) is 8.33. The van der Waals surface area contributed by atoms with E-state index in [1.165, 1.54) is 0 Å². The lowest BCUT2D eigenvalue weighted by molar-refractivity contribution is -0.114. The zero-order chi connectivity index (χ0) is 18.4. The maximum Gasteiger partial charge on any atom is 0.251 e. The molecule has 0 saturated carbocycles. The van der Waals surface area contributed by atoms with E-state index in [1.807, 2.05) is 39.8 Å². The van der Waals surface area contributed by atoms with Gasteiger partial charge in [0.05, 0.1) is 6.54 Å². The average Bonchev–Trinajstić information content (AvgIpc) is 2.52. The standard InChI is InChI=1S/C20H25N3O2/c1-13(2)22-20(25)16-6-5-7-17(11-16)23-19(24)12-21-18-9-14(3)8-15(4)10-18/h5-11,13,21H,12H2,1-4H3,(H,22,25)(H,23,24). The van der Waals surface area contributed by atoms with Gasteiger partial charge in [-0.3, -0.25) is 9.59 Å². The van der Waals surface area contributed by atoms with E-state index in [4.69, 9.17) is 0 Å². The molecular weight excluding hydrogens is 314 g/mol. The van der Waals surface area contributed by atoms with Gasteiger partial charge in [0.1, 0.15) is 0 Å². The van der Waals surface area contributed by atoms with Gasteiger partial charge in [-0.05, 0) is 69.2 Å². The first-order chi connectivity index (χ1) is 11.8. The normalized spacial score (nSPS) is 10.4. The topological polar surface area (TPSA) is 70.2 Å². The maximum absolute atomic E-state index is 12.1. The van der Waals surface area contributed by atoms with Gasteiger partial charge in [0, 0.05) is 23.0 Å². The van der Waals surface area contributed by atoms with Gasteiger partial charge < -0.3 is 16.0 Å². The molecule has 2 rings (SSSR count). The highest BCUT2D eigenvalue weighted by atomic mass is 16.2. The van der Waals surface area contributed by atoms with E-state index in [2.05, 4.69) is 22.0 Å². The van der Waals surface area contributed by atoms with Crippen LogP contribution in [-0.2, 0) is 4.79 Å². The first kappa shape index (κ1) is 18.5. The fourth-order valence-electron chi connectivity index (χ4n) is 2.55. The second-order valence-electron chi connectivity index (χ2n) is 6.49. The highest BCUT2D eigenvalue weighted by molar-refractivity contribution is 5.98. The number of carbonyl (C=O) groups excluding carboxylic acids is 2. The molecular formula is C20H25N3O2. The van der Waals surface area contributed by atoms with Crippen LogP contribution in [0.15, 0.2) is 42.5 Å². The molecule has 0 unspecified atom stereocenters. The van der Waals surface area contributed by atoms with Gasteiger partial charge in [-0.25, -0.2) is 0 Å². The highest BCUT2D eigenvalue weighted by Gasteiger charge is 2.09. The average molecular weight is 339 g/mol. The Balaban J connectivity index is 1.95. The zero-order valence-electron chi connectivity index (χ0n) is 15.1. The molecule has 0 aliphatic carbocycles. The van der Waals surface area contributed by atoms with Crippen LogP contribution < -0.4 is 16.0 Å². The third kappa shape index (κ3) is 5.95. The smallest absolute Gasteiger partial charge is 0.251 e. The summed E-state index contributed by atoms with van der Waals surface area (Å²) in [6.07, 6.45) is 0. The Hall–Kier alpha value is -2.82. The number of carbonyl (C=O) groups is 2. The Bertz CT molecular complexity index is 749. The number of nitrogens with one attached hydrogen (secondary N) is 3. The molecule has 0 bridgehead atoms. The summed E-state index contributed by atoms with van der Waals surface area (Å²) in [5.41, 5.74) is 4.33. The van der Waals surface area contributed by atoms with Gasteiger partial charge in [-0.2, -0.15) is 0 Å². The largest absolute Gasteiger partial charge is 0.376 e. The fraction of sp³-hybridized carbons (Fsp3) is 0.300. The van der Waals surface area contributed by atoms with Crippen molar-refractivity contribution >= 4 is 23.2 Å². The van der Waals surface area contributed by atoms with Gasteiger partial charge in [0.15, 0.2) is 0 Å². The van der Waals surface area contributed by atoms with Crippen molar-refractivity contribution in [3.63, 3.8) is 0 Å². The van der Waals surface area contributed by atoms with Crippen molar-refractivity contribution < 1.29 is 9.59 Å². The predicted molar refractivity (Wildman–Crippen MR) is 102 cm³/mol. The summed E-state index contributed by atoms with van der Waals surface area (Å²) >= 11 is 0. The van der Waals surface area contributed by atoms with Crippen LogP contribution in [0.2, 0.25) is 0 Å². The molecule has 2 aromatic rings. The summed E-state index contributed by atoms with van der Waals surface area (Å²) < 4.78 is 0. The lowest BCUT2D eigenvalue weighted by Crippen LogP contribution is -2.30. The van der Waals surface area contributed by atoms with E-state index < -0.39 is 0 Å². The molecule has 25 heavy (non-hydrogen) atoms. The van der Waals surface area contributed by atoms with Crippen molar-refractivity contribution in [1.82, 2.24) is 5.32 Å². The number of benzene rings is 2. The van der Waals surface area contributed by atoms with Gasteiger partial charge in [0.2, 0.25) is 5.91 Å². The number of hydrogen-bond donors (Lipinski definition) is 3. The Kier molecular flexibility index (Phi) is 6.17. The third-order valence-electron chi connectivity index (χ3n) is 3.50. The van der Waals surface area contributed by atoms with Gasteiger partial charge in [0.25, 0.3) is 5.91 Å². The van der Waals surface area contributed by atoms with Crippen molar-refractivity contribution in [2.45, 2.75) is 33.7 Å². The van der Waals surface area contributed by atoms with Crippen LogP contribution in [0.25, 0.3) is 0 Å². The fourth-order valence-corrected chi connectivity index (χ4v) is 2.55. The number of rotatable bonds is 6. The minimum absolute atomic E-state index is 0.0627. The van der Waals surface area contributed by atoms with E-state index in [1.54, 1.807) is 24.3 Å². The molecule has 0 fully saturated rings. The Labute approximate surface area is 148 Å². The monoisotopic (exact) mass is 339 g/mol. The molecule has 0 atom stereocenters. The summed E-state index contributed by atoms with van der Waals surface area (Å²) in [5, 5.41) is 8.76. The number of amides is 2. The van der Waals surface area contributed by atoms with Gasteiger partial charge in [-0.15, -0.1) is 0 Å². The summed E-state index contributed by atoms with van der Waals surface area (Å²) in [6.45, 7) is 8.01.